The maximum absolute atomic E-state index is 12.3. The van der Waals surface area contributed by atoms with Gasteiger partial charge in [-0.3, -0.25) is 0 Å². The highest BCUT2D eigenvalue weighted by molar-refractivity contribution is 5.92. The molecule has 0 aliphatic carbocycles. The number of hydrogen-bond donors (Lipinski definition) is 2. The average molecular weight is 363 g/mol. The summed E-state index contributed by atoms with van der Waals surface area (Å²) in [5, 5.41) is 9.34. The van der Waals surface area contributed by atoms with E-state index in [1.807, 2.05) is 20.8 Å². The number of amides is 1. The maximum Gasteiger partial charge on any atom is 0.410 e. The van der Waals surface area contributed by atoms with Crippen LogP contribution in [0, 0.1) is 0 Å². The Labute approximate surface area is 152 Å². The number of aromatic carboxylic acids is 1. The molecule has 142 valence electrons. The summed E-state index contributed by atoms with van der Waals surface area (Å²) >= 11 is 0. The third-order valence-corrected chi connectivity index (χ3v) is 4.54. The van der Waals surface area contributed by atoms with E-state index in [0.717, 1.165) is 5.69 Å². The molecule has 0 saturated carbocycles. The van der Waals surface area contributed by atoms with Gasteiger partial charge in [-0.05, 0) is 32.9 Å². The fourth-order valence-electron chi connectivity index (χ4n) is 3.39. The Balaban J connectivity index is 1.81. The largest absolute Gasteiger partial charge is 0.489 e. The number of ether oxygens (including phenoxy) is 2. The molecule has 1 amide bonds. The molecule has 1 aromatic carbocycles. The van der Waals surface area contributed by atoms with Gasteiger partial charge in [0.05, 0.1) is 17.3 Å². The second-order valence-corrected chi connectivity index (χ2v) is 7.53. The smallest absolute Gasteiger partial charge is 0.410 e. The number of benzene rings is 1. The number of carboxylic acid groups (broad SMARTS) is 1. The molecule has 0 aromatic heterocycles. The quantitative estimate of drug-likeness (QED) is 0.823. The van der Waals surface area contributed by atoms with Crippen molar-refractivity contribution in [1.29, 1.82) is 0 Å². The fraction of sp³-hybridized carbons (Fsp3) is 0.556. The number of carbonyl (C=O) groups is 2. The molecule has 2 heterocycles. The van der Waals surface area contributed by atoms with Crippen molar-refractivity contribution >= 4 is 17.7 Å². The van der Waals surface area contributed by atoms with E-state index in [4.69, 9.17) is 15.2 Å². The van der Waals surface area contributed by atoms with Gasteiger partial charge in [-0.1, -0.05) is 0 Å². The van der Waals surface area contributed by atoms with E-state index in [9.17, 15) is 14.7 Å². The lowest BCUT2D eigenvalue weighted by Crippen LogP contribution is -2.59. The van der Waals surface area contributed by atoms with Crippen molar-refractivity contribution in [3.8, 4) is 5.75 Å². The van der Waals surface area contributed by atoms with Gasteiger partial charge in [0.15, 0.2) is 0 Å². The number of piperazine rings is 1. The summed E-state index contributed by atoms with van der Waals surface area (Å²) in [6.45, 7) is 7.63. The number of fused-ring (bicyclic) bond motifs is 3. The minimum absolute atomic E-state index is 0.00919. The maximum atomic E-state index is 12.3. The summed E-state index contributed by atoms with van der Waals surface area (Å²) in [5.41, 5.74) is 6.73. The summed E-state index contributed by atoms with van der Waals surface area (Å²) < 4.78 is 11.3. The van der Waals surface area contributed by atoms with Crippen LogP contribution in [-0.2, 0) is 11.3 Å². The van der Waals surface area contributed by atoms with Crippen LogP contribution in [-0.4, -0.2) is 60.0 Å². The topological polar surface area (TPSA) is 105 Å². The van der Waals surface area contributed by atoms with Crippen molar-refractivity contribution in [3.05, 3.63) is 23.3 Å². The van der Waals surface area contributed by atoms with Crippen LogP contribution >= 0.6 is 0 Å². The van der Waals surface area contributed by atoms with Crippen molar-refractivity contribution < 1.29 is 24.2 Å². The van der Waals surface area contributed by atoms with Crippen LogP contribution < -0.4 is 15.4 Å². The lowest BCUT2D eigenvalue weighted by Gasteiger charge is -2.46. The summed E-state index contributed by atoms with van der Waals surface area (Å²) in [5.74, 6) is -0.483. The second-order valence-electron chi connectivity index (χ2n) is 7.53. The van der Waals surface area contributed by atoms with Crippen LogP contribution in [0.4, 0.5) is 10.5 Å². The summed E-state index contributed by atoms with van der Waals surface area (Å²) in [7, 11) is 0. The SMILES string of the molecule is CC(C)(C)OC(=O)N1CCN2c3ccc(C(=O)O)c(CN)c3OC[C@@H]2C1. The van der Waals surface area contributed by atoms with E-state index in [2.05, 4.69) is 4.90 Å². The van der Waals surface area contributed by atoms with E-state index in [1.165, 1.54) is 0 Å². The van der Waals surface area contributed by atoms with Crippen LogP contribution in [0.15, 0.2) is 12.1 Å². The second kappa shape index (κ2) is 6.68. The molecular weight excluding hydrogens is 338 g/mol. The molecule has 1 fully saturated rings. The number of rotatable bonds is 2. The summed E-state index contributed by atoms with van der Waals surface area (Å²) in [6.07, 6.45) is -0.327. The first-order chi connectivity index (χ1) is 12.2. The Kier molecular flexibility index (Phi) is 4.70. The van der Waals surface area contributed by atoms with Crippen LogP contribution in [0.1, 0.15) is 36.7 Å². The third-order valence-electron chi connectivity index (χ3n) is 4.54. The number of nitrogens with zero attached hydrogens (tertiary/aromatic N) is 2. The van der Waals surface area contributed by atoms with Crippen LogP contribution in [0.5, 0.6) is 5.75 Å². The minimum atomic E-state index is -1.02. The number of hydrogen-bond acceptors (Lipinski definition) is 6. The van der Waals surface area contributed by atoms with E-state index in [-0.39, 0.29) is 24.2 Å². The molecule has 3 N–H and O–H groups in total. The number of nitrogens with two attached hydrogens (primary N) is 1. The van der Waals surface area contributed by atoms with Gasteiger partial charge in [0.1, 0.15) is 18.0 Å². The van der Waals surface area contributed by atoms with Gasteiger partial charge >= 0.3 is 12.1 Å². The lowest BCUT2D eigenvalue weighted by molar-refractivity contribution is 0.0194. The van der Waals surface area contributed by atoms with Crippen LogP contribution in [0.25, 0.3) is 0 Å². The molecule has 3 rings (SSSR count). The molecule has 2 aliphatic heterocycles. The molecule has 0 bridgehead atoms. The number of anilines is 1. The normalized spacial score (nSPS) is 19.3. The van der Waals surface area contributed by atoms with Crippen LogP contribution in [0.3, 0.4) is 0 Å². The zero-order valence-electron chi connectivity index (χ0n) is 15.3. The Morgan fingerprint density at radius 2 is 2.08 bits per heavy atom. The molecule has 0 unspecified atom stereocenters. The Hall–Kier alpha value is -2.48. The first kappa shape index (κ1) is 18.3. The third kappa shape index (κ3) is 3.41. The molecule has 1 aromatic rings. The van der Waals surface area contributed by atoms with Crippen molar-refractivity contribution in [3.63, 3.8) is 0 Å². The zero-order chi connectivity index (χ0) is 19.1. The van der Waals surface area contributed by atoms with Crippen LogP contribution in [0.2, 0.25) is 0 Å². The van der Waals surface area contributed by atoms with Gasteiger partial charge in [0.25, 0.3) is 0 Å². The zero-order valence-corrected chi connectivity index (χ0v) is 15.3. The molecule has 26 heavy (non-hydrogen) atoms. The minimum Gasteiger partial charge on any atom is -0.489 e. The molecular formula is C18H25N3O5. The van der Waals surface area contributed by atoms with Gasteiger partial charge in [-0.15, -0.1) is 0 Å². The Bertz CT molecular complexity index is 728. The molecule has 0 radical (unpaired) electrons. The van der Waals surface area contributed by atoms with Crippen molar-refractivity contribution in [2.45, 2.75) is 39.0 Å². The fourth-order valence-corrected chi connectivity index (χ4v) is 3.39. The van der Waals surface area contributed by atoms with Gasteiger partial charge in [-0.2, -0.15) is 0 Å². The van der Waals surface area contributed by atoms with Gasteiger partial charge < -0.3 is 30.1 Å². The molecule has 2 aliphatic rings. The van der Waals surface area contributed by atoms with Gasteiger partial charge in [0, 0.05) is 31.7 Å². The highest BCUT2D eigenvalue weighted by atomic mass is 16.6. The molecule has 0 spiro atoms. The highest BCUT2D eigenvalue weighted by Gasteiger charge is 2.37. The monoisotopic (exact) mass is 363 g/mol. The van der Waals surface area contributed by atoms with Gasteiger partial charge in [-0.25, -0.2) is 9.59 Å². The Morgan fingerprint density at radius 3 is 2.69 bits per heavy atom. The van der Waals surface area contributed by atoms with E-state index < -0.39 is 11.6 Å². The van der Waals surface area contributed by atoms with Crippen molar-refractivity contribution in [2.24, 2.45) is 5.73 Å². The summed E-state index contributed by atoms with van der Waals surface area (Å²) in [6, 6.07) is 3.31. The van der Waals surface area contributed by atoms with Crippen molar-refractivity contribution in [1.82, 2.24) is 4.90 Å². The first-order valence-corrected chi connectivity index (χ1v) is 8.68. The number of carboxylic acids is 1. The standard InChI is InChI=1S/C18H25N3O5/c1-18(2,3)26-17(24)20-6-7-21-11(9-20)10-25-15-13(8-19)12(16(22)23)4-5-14(15)21/h4-5,11H,6-10,19H2,1-3H3,(H,22,23)/t11-/m0/s1. The van der Waals surface area contributed by atoms with E-state index >= 15 is 0 Å². The molecule has 8 heteroatoms. The highest BCUT2D eigenvalue weighted by Crippen LogP contribution is 2.39. The predicted molar refractivity (Wildman–Crippen MR) is 95.7 cm³/mol. The molecule has 1 atom stereocenters. The van der Waals surface area contributed by atoms with Gasteiger partial charge in [0.2, 0.25) is 0 Å². The average Bonchev–Trinajstić information content (AvgIpc) is 2.58. The summed E-state index contributed by atoms with van der Waals surface area (Å²) in [4.78, 5) is 27.6. The first-order valence-electron chi connectivity index (χ1n) is 8.68. The molecule has 8 nitrogen and oxygen atoms in total. The Morgan fingerprint density at radius 1 is 1.35 bits per heavy atom. The lowest BCUT2D eigenvalue weighted by atomic mass is 10.0. The molecule has 1 saturated heterocycles. The van der Waals surface area contributed by atoms with Crippen molar-refractivity contribution in [2.75, 3.05) is 31.1 Å². The predicted octanol–water partition coefficient (Wildman–Crippen LogP) is 1.66. The number of carbonyl (C=O) groups excluding carboxylic acids is 1. The van der Waals surface area contributed by atoms with E-state index in [0.29, 0.717) is 37.6 Å². The van der Waals surface area contributed by atoms with E-state index in [1.54, 1.807) is 17.0 Å².